The Bertz CT molecular complexity index is 905. The summed E-state index contributed by atoms with van der Waals surface area (Å²) >= 11 is 0. The van der Waals surface area contributed by atoms with E-state index < -0.39 is 0 Å². The molecule has 0 unspecified atom stereocenters. The molecule has 4 rings (SSSR count). The molecule has 0 saturated carbocycles. The third-order valence-corrected chi connectivity index (χ3v) is 4.91. The van der Waals surface area contributed by atoms with Gasteiger partial charge in [0.1, 0.15) is 5.82 Å². The van der Waals surface area contributed by atoms with Gasteiger partial charge in [0.2, 0.25) is 5.95 Å². The molecule has 3 aromatic rings. The average Bonchev–Trinajstić information content (AvgIpc) is 2.72. The lowest BCUT2D eigenvalue weighted by Gasteiger charge is -2.30. The van der Waals surface area contributed by atoms with Crippen LogP contribution in [0.25, 0.3) is 11.3 Å². The third-order valence-electron chi connectivity index (χ3n) is 4.91. The number of rotatable bonds is 5. The summed E-state index contributed by atoms with van der Waals surface area (Å²) in [6.07, 6.45) is 1.05. The second kappa shape index (κ2) is 7.78. The van der Waals surface area contributed by atoms with Crippen molar-refractivity contribution < 1.29 is 0 Å². The van der Waals surface area contributed by atoms with Crippen molar-refractivity contribution in [2.75, 3.05) is 23.3 Å². The third kappa shape index (κ3) is 4.11. The molecular formula is C23H26N4. The molecule has 1 N–H and O–H groups in total. The largest absolute Gasteiger partial charge is 0.354 e. The summed E-state index contributed by atoms with van der Waals surface area (Å²) < 4.78 is 0. The van der Waals surface area contributed by atoms with Crippen LogP contribution in [-0.4, -0.2) is 23.1 Å². The van der Waals surface area contributed by atoms with Crippen LogP contribution >= 0.6 is 0 Å². The molecular weight excluding hydrogens is 332 g/mol. The van der Waals surface area contributed by atoms with Gasteiger partial charge in [-0.05, 0) is 23.5 Å². The molecule has 1 aromatic heterocycles. The van der Waals surface area contributed by atoms with Gasteiger partial charge < -0.3 is 10.2 Å². The number of nitrogens with one attached hydrogen (secondary N) is 1. The molecule has 0 bridgehead atoms. The van der Waals surface area contributed by atoms with E-state index in [4.69, 9.17) is 9.97 Å². The van der Waals surface area contributed by atoms with Crippen molar-refractivity contribution in [2.24, 2.45) is 5.92 Å². The van der Waals surface area contributed by atoms with Crippen LogP contribution in [-0.2, 0) is 13.0 Å². The molecule has 0 saturated heterocycles. The van der Waals surface area contributed by atoms with E-state index in [2.05, 4.69) is 78.7 Å². The van der Waals surface area contributed by atoms with E-state index in [0.29, 0.717) is 11.9 Å². The minimum Gasteiger partial charge on any atom is -0.354 e. The lowest BCUT2D eigenvalue weighted by atomic mass is 10.00. The molecule has 4 heteroatoms. The maximum Gasteiger partial charge on any atom is 0.225 e. The second-order valence-corrected chi connectivity index (χ2v) is 7.52. The van der Waals surface area contributed by atoms with Gasteiger partial charge in [-0.25, -0.2) is 4.98 Å². The van der Waals surface area contributed by atoms with E-state index in [9.17, 15) is 0 Å². The number of nitrogens with zero attached hydrogens (tertiary/aromatic N) is 3. The van der Waals surface area contributed by atoms with Crippen molar-refractivity contribution in [3.05, 3.63) is 71.8 Å². The topological polar surface area (TPSA) is 41.1 Å². The van der Waals surface area contributed by atoms with E-state index in [-0.39, 0.29) is 0 Å². The molecule has 138 valence electrons. The summed E-state index contributed by atoms with van der Waals surface area (Å²) in [5.74, 6) is 2.24. The molecule has 2 heterocycles. The Morgan fingerprint density at radius 3 is 2.48 bits per heavy atom. The van der Waals surface area contributed by atoms with Gasteiger partial charge in [0.15, 0.2) is 0 Å². The van der Waals surface area contributed by atoms with Gasteiger partial charge in [-0.3, -0.25) is 0 Å². The summed E-state index contributed by atoms with van der Waals surface area (Å²) in [6.45, 7) is 7.12. The summed E-state index contributed by atoms with van der Waals surface area (Å²) in [5, 5.41) is 3.40. The maximum absolute atomic E-state index is 4.83. The highest BCUT2D eigenvalue weighted by Crippen LogP contribution is 2.27. The standard InChI is InChI=1S/C23H26N4/c1-17(2)15-24-23-25-21(19-9-4-3-5-10-19)14-22(26-23)27-13-12-18-8-6-7-11-20(18)16-27/h3-11,14,17H,12-13,15-16H2,1-2H3,(H,24,25,26). The van der Waals surface area contributed by atoms with Crippen LogP contribution in [0.3, 0.4) is 0 Å². The van der Waals surface area contributed by atoms with Gasteiger partial charge in [-0.1, -0.05) is 68.4 Å². The first-order chi connectivity index (χ1) is 13.2. The Balaban J connectivity index is 1.68. The Kier molecular flexibility index (Phi) is 5.05. The maximum atomic E-state index is 4.83. The van der Waals surface area contributed by atoms with Crippen molar-refractivity contribution in [2.45, 2.75) is 26.8 Å². The van der Waals surface area contributed by atoms with Crippen LogP contribution < -0.4 is 10.2 Å². The average molecular weight is 358 g/mol. The molecule has 0 spiro atoms. The molecule has 0 aliphatic carbocycles. The van der Waals surface area contributed by atoms with Gasteiger partial charge in [-0.2, -0.15) is 4.98 Å². The predicted molar refractivity (Wildman–Crippen MR) is 112 cm³/mol. The van der Waals surface area contributed by atoms with Gasteiger partial charge in [0.05, 0.1) is 5.69 Å². The van der Waals surface area contributed by atoms with Crippen LogP contribution in [0.2, 0.25) is 0 Å². The summed E-state index contributed by atoms with van der Waals surface area (Å²) in [4.78, 5) is 12.0. The van der Waals surface area contributed by atoms with Crippen molar-refractivity contribution in [3.8, 4) is 11.3 Å². The number of hydrogen-bond donors (Lipinski definition) is 1. The first kappa shape index (κ1) is 17.5. The normalized spacial score (nSPS) is 13.5. The number of hydrogen-bond acceptors (Lipinski definition) is 4. The fourth-order valence-corrected chi connectivity index (χ4v) is 3.42. The first-order valence-electron chi connectivity index (χ1n) is 9.69. The van der Waals surface area contributed by atoms with Gasteiger partial charge in [0, 0.05) is 31.3 Å². The van der Waals surface area contributed by atoms with Crippen molar-refractivity contribution in [1.29, 1.82) is 0 Å². The first-order valence-corrected chi connectivity index (χ1v) is 9.69. The molecule has 0 amide bonds. The SMILES string of the molecule is CC(C)CNc1nc(-c2ccccc2)cc(N2CCc3ccccc3C2)n1. The monoisotopic (exact) mass is 358 g/mol. The van der Waals surface area contributed by atoms with Crippen LogP contribution in [0.15, 0.2) is 60.7 Å². The minimum absolute atomic E-state index is 0.541. The van der Waals surface area contributed by atoms with E-state index in [1.165, 1.54) is 11.1 Å². The molecule has 0 fully saturated rings. The fourth-order valence-electron chi connectivity index (χ4n) is 3.42. The molecule has 1 aliphatic heterocycles. The Labute approximate surface area is 161 Å². The molecule has 27 heavy (non-hydrogen) atoms. The van der Waals surface area contributed by atoms with Gasteiger partial charge in [-0.15, -0.1) is 0 Å². The Morgan fingerprint density at radius 2 is 1.70 bits per heavy atom. The Hall–Kier alpha value is -2.88. The number of anilines is 2. The zero-order valence-electron chi connectivity index (χ0n) is 16.0. The zero-order chi connectivity index (χ0) is 18.6. The smallest absolute Gasteiger partial charge is 0.225 e. The van der Waals surface area contributed by atoms with Crippen molar-refractivity contribution in [3.63, 3.8) is 0 Å². The zero-order valence-corrected chi connectivity index (χ0v) is 16.0. The minimum atomic E-state index is 0.541. The highest BCUT2D eigenvalue weighted by atomic mass is 15.2. The molecule has 2 aromatic carbocycles. The Morgan fingerprint density at radius 1 is 0.963 bits per heavy atom. The van der Waals surface area contributed by atoms with Crippen LogP contribution in [0.1, 0.15) is 25.0 Å². The second-order valence-electron chi connectivity index (χ2n) is 7.52. The molecule has 1 aliphatic rings. The lowest BCUT2D eigenvalue weighted by Crippen LogP contribution is -2.31. The van der Waals surface area contributed by atoms with E-state index in [0.717, 1.165) is 43.1 Å². The quantitative estimate of drug-likeness (QED) is 0.713. The van der Waals surface area contributed by atoms with Crippen molar-refractivity contribution >= 4 is 11.8 Å². The highest BCUT2D eigenvalue weighted by molar-refractivity contribution is 5.65. The van der Waals surface area contributed by atoms with Crippen LogP contribution in [0, 0.1) is 5.92 Å². The molecule has 4 nitrogen and oxygen atoms in total. The summed E-state index contributed by atoms with van der Waals surface area (Å²) in [5.41, 5.74) is 4.92. The predicted octanol–water partition coefficient (Wildman–Crippen LogP) is 4.77. The number of benzene rings is 2. The van der Waals surface area contributed by atoms with Crippen LogP contribution in [0.4, 0.5) is 11.8 Å². The van der Waals surface area contributed by atoms with Gasteiger partial charge >= 0.3 is 0 Å². The van der Waals surface area contributed by atoms with Crippen LogP contribution in [0.5, 0.6) is 0 Å². The summed E-state index contributed by atoms with van der Waals surface area (Å²) in [7, 11) is 0. The number of fused-ring (bicyclic) bond motifs is 1. The van der Waals surface area contributed by atoms with E-state index in [1.54, 1.807) is 0 Å². The van der Waals surface area contributed by atoms with Crippen molar-refractivity contribution in [1.82, 2.24) is 9.97 Å². The van der Waals surface area contributed by atoms with E-state index in [1.807, 2.05) is 6.07 Å². The van der Waals surface area contributed by atoms with E-state index >= 15 is 0 Å². The number of aromatic nitrogens is 2. The molecule has 0 atom stereocenters. The fraction of sp³-hybridized carbons (Fsp3) is 0.304. The molecule has 0 radical (unpaired) electrons. The van der Waals surface area contributed by atoms with Gasteiger partial charge in [0.25, 0.3) is 0 Å². The highest BCUT2D eigenvalue weighted by Gasteiger charge is 2.19. The summed E-state index contributed by atoms with van der Waals surface area (Å²) in [6, 6.07) is 21.2. The lowest BCUT2D eigenvalue weighted by molar-refractivity contribution is 0.682.